The summed E-state index contributed by atoms with van der Waals surface area (Å²) in [5, 5.41) is 18.0. The van der Waals surface area contributed by atoms with E-state index in [2.05, 4.69) is 0 Å². The molecule has 0 aliphatic rings. The van der Waals surface area contributed by atoms with Gasteiger partial charge in [0.05, 0.1) is 0 Å². The Morgan fingerprint density at radius 3 is 0.750 bits per heavy atom. The van der Waals surface area contributed by atoms with Crippen LogP contribution in [0.5, 0.6) is 0 Å². The van der Waals surface area contributed by atoms with Gasteiger partial charge >= 0.3 is 16.8 Å². The maximum atomic E-state index is 8.49. The number of hydrogen-bond acceptors (Lipinski definition) is 10. The number of rotatable bonds is 2. The SMILES string of the molecule is O=N[O-].O=N[O-].[Co+3].[NH-]CC[NH-].[NH-]CC[NH-].[O-][Cl+3]([O-])([O-])[O-]. The molecule has 0 atom stereocenters. The first-order valence-corrected chi connectivity index (χ1v) is 5.00. The van der Waals surface area contributed by atoms with E-state index in [9.17, 15) is 0 Å². The van der Waals surface area contributed by atoms with Crippen molar-refractivity contribution in [2.45, 2.75) is 0 Å². The normalized spacial score (nSPS) is 7.20. The molecule has 16 heteroatoms. The Labute approximate surface area is 126 Å². The molecule has 0 aromatic carbocycles. The van der Waals surface area contributed by atoms with Gasteiger partial charge in [-0.3, -0.25) is 0 Å². The Morgan fingerprint density at radius 1 is 0.700 bits per heavy atom. The molecule has 4 N–H and O–H groups in total. The predicted molar refractivity (Wildman–Crippen MR) is 55.1 cm³/mol. The molecule has 0 spiro atoms. The second kappa shape index (κ2) is 42.9. The van der Waals surface area contributed by atoms with E-state index in [1.54, 1.807) is 0 Å². The first-order chi connectivity index (χ1) is 8.66. The van der Waals surface area contributed by atoms with Crippen LogP contribution in [0.25, 0.3) is 22.9 Å². The van der Waals surface area contributed by atoms with Gasteiger partial charge in [0.2, 0.25) is 0 Å². The van der Waals surface area contributed by atoms with Gasteiger partial charge in [0.25, 0.3) is 0 Å². The van der Waals surface area contributed by atoms with Gasteiger partial charge in [0.1, 0.15) is 0 Å². The Bertz CT molecular complexity index is 133. The average Bonchev–Trinajstić information content (AvgIpc) is 2.29. The molecule has 0 amide bonds. The summed E-state index contributed by atoms with van der Waals surface area (Å²) in [6.45, 7) is 0.944. The minimum atomic E-state index is -4.94. The molecule has 0 saturated heterocycles. The van der Waals surface area contributed by atoms with Gasteiger partial charge < -0.3 is 43.2 Å². The first kappa shape index (κ1) is 36.5. The van der Waals surface area contributed by atoms with Crippen LogP contribution in [0.4, 0.5) is 0 Å². The van der Waals surface area contributed by atoms with Crippen LogP contribution in [-0.2, 0) is 16.8 Å². The van der Waals surface area contributed by atoms with Crippen molar-refractivity contribution < 1.29 is 45.7 Å². The largest absolute Gasteiger partial charge is 3.00 e. The molecular formula is C4H12ClCoN6O8-4. The van der Waals surface area contributed by atoms with Crippen molar-refractivity contribution in [3.63, 3.8) is 0 Å². The van der Waals surface area contributed by atoms with Crippen LogP contribution in [-0.4, -0.2) is 26.2 Å². The van der Waals surface area contributed by atoms with Crippen molar-refractivity contribution in [1.82, 2.24) is 0 Å². The maximum Gasteiger partial charge on any atom is 3.00 e. The van der Waals surface area contributed by atoms with Gasteiger partial charge in [-0.2, -0.15) is 26.2 Å². The smallest absolute Gasteiger partial charge is 0.679 e. The molecule has 0 fully saturated rings. The zero-order valence-corrected chi connectivity index (χ0v) is 11.5. The Balaban J connectivity index is -0.0000000307. The topological polar surface area (TPSA) is 292 Å². The molecule has 0 saturated carbocycles. The number of hydrogen-bond donors (Lipinski definition) is 0. The maximum absolute atomic E-state index is 8.49. The van der Waals surface area contributed by atoms with Crippen molar-refractivity contribution in [3.05, 3.63) is 43.2 Å². The fourth-order valence-corrected chi connectivity index (χ4v) is 0. The van der Waals surface area contributed by atoms with Crippen LogP contribution in [0, 0.1) is 30.5 Å². The van der Waals surface area contributed by atoms with E-state index in [1.807, 2.05) is 0 Å². The second-order valence-corrected chi connectivity index (χ2v) is 2.28. The van der Waals surface area contributed by atoms with Crippen LogP contribution in [0.15, 0.2) is 10.7 Å². The molecule has 0 aliphatic carbocycles. The molecule has 0 heterocycles. The summed E-state index contributed by atoms with van der Waals surface area (Å²) in [4.78, 5) is 16.0. The molecule has 0 rings (SSSR count). The Kier molecular flexibility index (Phi) is 78.4. The summed E-state index contributed by atoms with van der Waals surface area (Å²) in [5.41, 5.74) is 25.1. The quantitative estimate of drug-likeness (QED) is 0.384. The van der Waals surface area contributed by atoms with Crippen LogP contribution < -0.4 is 18.6 Å². The third-order valence-electron chi connectivity index (χ3n) is 0.250. The first-order valence-electron chi connectivity index (χ1n) is 3.76. The van der Waals surface area contributed by atoms with Crippen LogP contribution in [0.1, 0.15) is 0 Å². The van der Waals surface area contributed by atoms with Gasteiger partial charge in [0, 0.05) is 0 Å². The van der Waals surface area contributed by atoms with E-state index in [-0.39, 0.29) is 43.0 Å². The summed E-state index contributed by atoms with van der Waals surface area (Å²) in [6.07, 6.45) is 0. The fraction of sp³-hybridized carbons (Fsp3) is 1.00. The molecule has 0 aliphatic heterocycles. The molecule has 0 radical (unpaired) electrons. The monoisotopic (exact) mass is 366 g/mol. The minimum absolute atomic E-state index is 0. The predicted octanol–water partition coefficient (Wildman–Crippen LogP) is -2.08. The van der Waals surface area contributed by atoms with Crippen LogP contribution in [0.2, 0.25) is 0 Å². The molecule has 14 nitrogen and oxygen atoms in total. The van der Waals surface area contributed by atoms with Gasteiger partial charge in [0.15, 0.2) is 0 Å². The molecule has 0 unspecified atom stereocenters. The third kappa shape index (κ3) is 2810. The van der Waals surface area contributed by atoms with E-state index >= 15 is 0 Å². The molecule has 20 heavy (non-hydrogen) atoms. The summed E-state index contributed by atoms with van der Waals surface area (Å²) in [6, 6.07) is 0. The molecule has 0 aromatic rings. The van der Waals surface area contributed by atoms with E-state index in [4.69, 9.17) is 61.8 Å². The molecule has 0 bridgehead atoms. The Hall–Kier alpha value is -0.724. The number of nitrogens with one attached hydrogen (secondary N) is 4. The third-order valence-corrected chi connectivity index (χ3v) is 0.250. The van der Waals surface area contributed by atoms with Gasteiger partial charge in [-0.05, 0) is 0 Å². The van der Waals surface area contributed by atoms with Crippen molar-refractivity contribution in [2.75, 3.05) is 26.2 Å². The zero-order chi connectivity index (χ0) is 16.7. The van der Waals surface area contributed by atoms with Crippen molar-refractivity contribution >= 4 is 0 Å². The average molecular weight is 367 g/mol. The van der Waals surface area contributed by atoms with Gasteiger partial charge in [-0.25, -0.2) is 18.6 Å². The van der Waals surface area contributed by atoms with Crippen molar-refractivity contribution in [2.24, 2.45) is 10.7 Å². The van der Waals surface area contributed by atoms with E-state index in [1.165, 1.54) is 0 Å². The summed E-state index contributed by atoms with van der Waals surface area (Å²) >= 11 is 0. The fourth-order valence-electron chi connectivity index (χ4n) is 0. The molecule has 0 aromatic heterocycles. The number of nitrogens with zero attached hydrogens (tertiary/aromatic N) is 2. The standard InChI is InChI=1S/2C2H6N2.ClHO4.Co.2HNO2/c2*3-1-2-4;2-1(3,4)5;;2*2-1-3/h2*3-4H,1-2H2;(H,2,3,4,5);;2*(H,2,3)/q2*-2;;+3;;/p-3. The zero-order valence-electron chi connectivity index (χ0n) is 9.70. The minimum Gasteiger partial charge on any atom is -0.679 e. The van der Waals surface area contributed by atoms with Crippen LogP contribution >= 0.6 is 0 Å². The summed E-state index contributed by atoms with van der Waals surface area (Å²) in [5.74, 6) is 0. The van der Waals surface area contributed by atoms with E-state index < -0.39 is 10.2 Å². The van der Waals surface area contributed by atoms with Gasteiger partial charge in [-0.1, -0.05) is 0 Å². The molecular weight excluding hydrogens is 354 g/mol. The number of halogens is 1. The van der Waals surface area contributed by atoms with Crippen molar-refractivity contribution in [3.8, 4) is 0 Å². The Morgan fingerprint density at radius 2 is 0.750 bits per heavy atom. The summed E-state index contributed by atoms with van der Waals surface area (Å²) < 4.78 is 34.0. The summed E-state index contributed by atoms with van der Waals surface area (Å²) in [7, 11) is -4.94. The second-order valence-electron chi connectivity index (χ2n) is 1.53. The van der Waals surface area contributed by atoms with Crippen LogP contribution in [0.3, 0.4) is 0 Å². The van der Waals surface area contributed by atoms with Crippen molar-refractivity contribution in [1.29, 1.82) is 0 Å². The van der Waals surface area contributed by atoms with Gasteiger partial charge in [-0.15, -0.1) is 20.9 Å². The molecule has 126 valence electrons. The van der Waals surface area contributed by atoms with E-state index in [0.717, 1.165) is 10.7 Å². The van der Waals surface area contributed by atoms with E-state index in [0.29, 0.717) is 0 Å².